The van der Waals surface area contributed by atoms with E-state index in [9.17, 15) is 0 Å². The van der Waals surface area contributed by atoms with Crippen LogP contribution in [0.1, 0.15) is 64.7 Å². The van der Waals surface area contributed by atoms with E-state index in [1.54, 1.807) is 0 Å². The van der Waals surface area contributed by atoms with Crippen molar-refractivity contribution in [2.24, 2.45) is 0 Å². The fourth-order valence-electron chi connectivity index (χ4n) is 3.28. The van der Waals surface area contributed by atoms with Crippen molar-refractivity contribution in [3.05, 3.63) is 0 Å². The van der Waals surface area contributed by atoms with Gasteiger partial charge in [0.2, 0.25) is 0 Å². The van der Waals surface area contributed by atoms with Crippen LogP contribution in [0.5, 0.6) is 0 Å². The van der Waals surface area contributed by atoms with Crippen LogP contribution in [0, 0.1) is 0 Å². The molecule has 0 amide bonds. The Balaban J connectivity index is 1.62. The lowest BCUT2D eigenvalue weighted by molar-refractivity contribution is 0.100. The molecule has 0 radical (unpaired) electrons. The van der Waals surface area contributed by atoms with E-state index in [1.165, 1.54) is 63.5 Å². The maximum Gasteiger partial charge on any atom is 0.0576 e. The Morgan fingerprint density at radius 1 is 1.16 bits per heavy atom. The molecule has 112 valence electrons. The molecule has 1 N–H and O–H groups in total. The maximum absolute atomic E-state index is 5.74. The molecule has 2 fully saturated rings. The summed E-state index contributed by atoms with van der Waals surface area (Å²) in [6.45, 7) is 4.32. The molecule has 0 bridgehead atoms. The predicted molar refractivity (Wildman–Crippen MR) is 85.0 cm³/mol. The molecule has 1 saturated carbocycles. The molecule has 1 aliphatic carbocycles. The second-order valence-corrected chi connectivity index (χ2v) is 7.39. The molecule has 3 heteroatoms. The number of ether oxygens (including phenoxy) is 1. The zero-order valence-corrected chi connectivity index (χ0v) is 13.4. The largest absolute Gasteiger partial charge is 0.378 e. The average molecular weight is 285 g/mol. The normalized spacial score (nSPS) is 26.7. The molecule has 0 spiro atoms. The number of rotatable bonds is 8. The summed E-state index contributed by atoms with van der Waals surface area (Å²) in [5.74, 6) is 1.30. The third kappa shape index (κ3) is 6.05. The first-order valence-corrected chi connectivity index (χ1v) is 9.40. The molecular formula is C16H31NOS. The highest BCUT2D eigenvalue weighted by Gasteiger charge is 2.19. The van der Waals surface area contributed by atoms with Gasteiger partial charge in [0.05, 0.1) is 6.10 Å². The standard InChI is InChI=1S/C16H31NOS/c1-2-17-14(10-11-15-7-6-12-18-15)13-19-16-8-4-3-5-9-16/h14-17H,2-13H2,1H3. The summed E-state index contributed by atoms with van der Waals surface area (Å²) < 4.78 is 5.74. The van der Waals surface area contributed by atoms with E-state index in [1.807, 2.05) is 0 Å². The van der Waals surface area contributed by atoms with E-state index in [-0.39, 0.29) is 0 Å². The van der Waals surface area contributed by atoms with E-state index in [4.69, 9.17) is 4.74 Å². The van der Waals surface area contributed by atoms with Gasteiger partial charge in [0.1, 0.15) is 0 Å². The van der Waals surface area contributed by atoms with Crippen LogP contribution in [0.15, 0.2) is 0 Å². The van der Waals surface area contributed by atoms with Crippen molar-refractivity contribution in [3.8, 4) is 0 Å². The van der Waals surface area contributed by atoms with E-state index >= 15 is 0 Å². The quantitative estimate of drug-likeness (QED) is 0.728. The molecule has 2 aliphatic rings. The van der Waals surface area contributed by atoms with Gasteiger partial charge in [-0.15, -0.1) is 0 Å². The average Bonchev–Trinajstić information content (AvgIpc) is 2.96. The van der Waals surface area contributed by atoms with Crippen LogP contribution in [0.3, 0.4) is 0 Å². The summed E-state index contributed by atoms with van der Waals surface area (Å²) in [7, 11) is 0. The molecule has 1 saturated heterocycles. The van der Waals surface area contributed by atoms with Crippen LogP contribution in [0.4, 0.5) is 0 Å². The summed E-state index contributed by atoms with van der Waals surface area (Å²) in [4.78, 5) is 0. The van der Waals surface area contributed by atoms with Gasteiger partial charge in [-0.3, -0.25) is 0 Å². The Kier molecular flexibility index (Phi) is 7.62. The smallest absolute Gasteiger partial charge is 0.0576 e. The highest BCUT2D eigenvalue weighted by atomic mass is 32.2. The van der Waals surface area contributed by atoms with Gasteiger partial charge in [-0.2, -0.15) is 11.8 Å². The number of hydrogen-bond acceptors (Lipinski definition) is 3. The summed E-state index contributed by atoms with van der Waals surface area (Å²) in [6, 6.07) is 0.695. The highest BCUT2D eigenvalue weighted by Crippen LogP contribution is 2.29. The molecule has 2 atom stereocenters. The molecule has 19 heavy (non-hydrogen) atoms. The van der Waals surface area contributed by atoms with Crippen molar-refractivity contribution in [1.82, 2.24) is 5.32 Å². The zero-order chi connectivity index (χ0) is 13.3. The summed E-state index contributed by atoms with van der Waals surface area (Å²) in [5, 5.41) is 4.61. The first-order chi connectivity index (χ1) is 9.38. The SMILES string of the molecule is CCNC(CCC1CCCO1)CSC1CCCCC1. The molecule has 0 aromatic rings. The minimum Gasteiger partial charge on any atom is -0.378 e. The monoisotopic (exact) mass is 285 g/mol. The van der Waals surface area contributed by atoms with Gasteiger partial charge in [0, 0.05) is 23.7 Å². The molecule has 1 heterocycles. The van der Waals surface area contributed by atoms with Gasteiger partial charge in [-0.1, -0.05) is 26.2 Å². The Bertz CT molecular complexity index is 225. The molecule has 0 aromatic carbocycles. The third-order valence-electron chi connectivity index (χ3n) is 4.44. The van der Waals surface area contributed by atoms with Crippen LogP contribution in [-0.4, -0.2) is 36.3 Å². The van der Waals surface area contributed by atoms with Gasteiger partial charge in [0.15, 0.2) is 0 Å². The Morgan fingerprint density at radius 3 is 2.68 bits per heavy atom. The lowest BCUT2D eigenvalue weighted by Gasteiger charge is -2.25. The van der Waals surface area contributed by atoms with Crippen LogP contribution < -0.4 is 5.32 Å². The van der Waals surface area contributed by atoms with E-state index in [2.05, 4.69) is 24.0 Å². The van der Waals surface area contributed by atoms with Crippen molar-refractivity contribution in [2.45, 2.75) is 82.1 Å². The summed E-state index contributed by atoms with van der Waals surface area (Å²) in [5.41, 5.74) is 0. The minimum atomic E-state index is 0.556. The third-order valence-corrected chi connectivity index (χ3v) is 5.98. The van der Waals surface area contributed by atoms with Crippen molar-refractivity contribution in [1.29, 1.82) is 0 Å². The van der Waals surface area contributed by atoms with Gasteiger partial charge < -0.3 is 10.1 Å². The Hall–Kier alpha value is 0.270. The predicted octanol–water partition coefficient (Wildman–Crippen LogP) is 3.99. The van der Waals surface area contributed by atoms with E-state index in [0.29, 0.717) is 12.1 Å². The van der Waals surface area contributed by atoms with Gasteiger partial charge in [-0.05, 0) is 45.1 Å². The zero-order valence-electron chi connectivity index (χ0n) is 12.5. The second-order valence-electron chi connectivity index (χ2n) is 6.06. The lowest BCUT2D eigenvalue weighted by Crippen LogP contribution is -2.33. The molecule has 0 aromatic heterocycles. The van der Waals surface area contributed by atoms with E-state index in [0.717, 1.165) is 18.4 Å². The molecular weight excluding hydrogens is 254 g/mol. The van der Waals surface area contributed by atoms with Gasteiger partial charge in [0.25, 0.3) is 0 Å². The summed E-state index contributed by atoms with van der Waals surface area (Å²) >= 11 is 2.22. The highest BCUT2D eigenvalue weighted by molar-refractivity contribution is 7.99. The number of thioether (sulfide) groups is 1. The fourth-order valence-corrected chi connectivity index (χ4v) is 4.73. The van der Waals surface area contributed by atoms with Crippen molar-refractivity contribution in [3.63, 3.8) is 0 Å². The van der Waals surface area contributed by atoms with Crippen molar-refractivity contribution >= 4 is 11.8 Å². The first kappa shape index (κ1) is 15.7. The number of nitrogens with one attached hydrogen (secondary N) is 1. The van der Waals surface area contributed by atoms with Crippen LogP contribution in [-0.2, 0) is 4.74 Å². The Morgan fingerprint density at radius 2 is 2.00 bits per heavy atom. The van der Waals surface area contributed by atoms with E-state index < -0.39 is 0 Å². The topological polar surface area (TPSA) is 21.3 Å². The van der Waals surface area contributed by atoms with Crippen LogP contribution >= 0.6 is 11.8 Å². The molecule has 2 nitrogen and oxygen atoms in total. The molecule has 1 aliphatic heterocycles. The van der Waals surface area contributed by atoms with Gasteiger partial charge >= 0.3 is 0 Å². The van der Waals surface area contributed by atoms with Crippen molar-refractivity contribution in [2.75, 3.05) is 18.9 Å². The second kappa shape index (κ2) is 9.25. The van der Waals surface area contributed by atoms with Crippen LogP contribution in [0.25, 0.3) is 0 Å². The van der Waals surface area contributed by atoms with Crippen LogP contribution in [0.2, 0.25) is 0 Å². The maximum atomic E-state index is 5.74. The molecule has 2 rings (SSSR count). The Labute approximate surface area is 123 Å². The van der Waals surface area contributed by atoms with Crippen molar-refractivity contribution < 1.29 is 4.74 Å². The minimum absolute atomic E-state index is 0.556. The summed E-state index contributed by atoms with van der Waals surface area (Å²) in [6.07, 6.45) is 12.9. The lowest BCUT2D eigenvalue weighted by atomic mass is 10.0. The fraction of sp³-hybridized carbons (Fsp3) is 1.00. The van der Waals surface area contributed by atoms with Gasteiger partial charge in [-0.25, -0.2) is 0 Å². The molecule has 2 unspecified atom stereocenters. The first-order valence-electron chi connectivity index (χ1n) is 8.35. The number of hydrogen-bond donors (Lipinski definition) is 1.